The lowest BCUT2D eigenvalue weighted by Crippen LogP contribution is -2.23. The van der Waals surface area contributed by atoms with Crippen LogP contribution in [0.3, 0.4) is 0 Å². The summed E-state index contributed by atoms with van der Waals surface area (Å²) in [4.78, 5) is 16.5. The number of nitrogens with zero attached hydrogens (tertiary/aromatic N) is 1. The maximum atomic E-state index is 14.5. The lowest BCUT2D eigenvalue weighted by Gasteiger charge is -2.17. The van der Waals surface area contributed by atoms with Crippen molar-refractivity contribution in [3.8, 4) is 0 Å². The molecule has 0 aromatic heterocycles. The first-order valence-corrected chi connectivity index (χ1v) is 11.5. The van der Waals surface area contributed by atoms with Gasteiger partial charge in [-0.1, -0.05) is 19.6 Å². The monoisotopic (exact) mass is 337 g/mol. The number of ether oxygens (including phenoxy) is 2. The van der Waals surface area contributed by atoms with Gasteiger partial charge in [0, 0.05) is 25.8 Å². The van der Waals surface area contributed by atoms with Crippen molar-refractivity contribution in [1.29, 1.82) is 0 Å². The number of carbonyl (C=O) groups excluding carboxylic acids is 1. The van der Waals surface area contributed by atoms with E-state index in [0.29, 0.717) is 35.6 Å². The van der Waals surface area contributed by atoms with Crippen molar-refractivity contribution in [3.63, 3.8) is 0 Å². The molecule has 0 fully saturated rings. The van der Waals surface area contributed by atoms with Gasteiger partial charge >= 0.3 is 5.97 Å². The normalized spacial score (nSPS) is 17.8. The van der Waals surface area contributed by atoms with Crippen molar-refractivity contribution in [2.45, 2.75) is 45.5 Å². The van der Waals surface area contributed by atoms with Gasteiger partial charge in [0.15, 0.2) is 11.6 Å². The molecular formula is C17H24FNO3Si. The summed E-state index contributed by atoms with van der Waals surface area (Å²) >= 11 is 0. The highest BCUT2D eigenvalue weighted by Gasteiger charge is 2.31. The minimum atomic E-state index is -1.24. The number of hydrogen-bond acceptors (Lipinski definition) is 4. The van der Waals surface area contributed by atoms with Gasteiger partial charge in [0.1, 0.15) is 0 Å². The molecule has 1 heterocycles. The zero-order chi connectivity index (χ0) is 17.2. The second-order valence-corrected chi connectivity index (χ2v) is 12.6. The third-order valence-corrected chi connectivity index (χ3v) is 5.61. The van der Waals surface area contributed by atoms with Crippen LogP contribution in [0, 0.1) is 0 Å². The van der Waals surface area contributed by atoms with E-state index in [1.54, 1.807) is 13.0 Å². The fourth-order valence-electron chi connectivity index (χ4n) is 2.55. The zero-order valence-electron chi connectivity index (χ0n) is 14.5. The molecule has 2 aliphatic rings. The number of hydrogen-bond donors (Lipinski definition) is 0. The quantitative estimate of drug-likeness (QED) is 0.540. The summed E-state index contributed by atoms with van der Waals surface area (Å²) in [7, 11) is 0.194. The first-order valence-electron chi connectivity index (χ1n) is 7.81. The van der Waals surface area contributed by atoms with Crippen LogP contribution in [0.25, 0.3) is 0 Å². The fraction of sp³-hybridized carbons (Fsp3) is 0.529. The molecule has 1 aliphatic carbocycles. The lowest BCUT2D eigenvalue weighted by atomic mass is 9.93. The van der Waals surface area contributed by atoms with E-state index in [-0.39, 0.29) is 18.1 Å². The molecular weight excluding hydrogens is 313 g/mol. The molecule has 0 amide bonds. The van der Waals surface area contributed by atoms with Crippen LogP contribution in [0.2, 0.25) is 25.7 Å². The van der Waals surface area contributed by atoms with E-state index in [9.17, 15) is 9.18 Å². The van der Waals surface area contributed by atoms with Gasteiger partial charge < -0.3 is 9.47 Å². The number of methoxy groups -OCH3 is 1. The van der Waals surface area contributed by atoms with E-state index in [1.165, 1.54) is 7.11 Å². The molecule has 2 rings (SSSR count). The predicted molar refractivity (Wildman–Crippen MR) is 91.7 cm³/mol. The van der Waals surface area contributed by atoms with Gasteiger partial charge in [-0.15, -0.1) is 0 Å². The average molecular weight is 337 g/mol. The van der Waals surface area contributed by atoms with Crippen molar-refractivity contribution in [2.75, 3.05) is 13.7 Å². The van der Waals surface area contributed by atoms with Crippen LogP contribution in [0.15, 0.2) is 39.5 Å². The van der Waals surface area contributed by atoms with Crippen LogP contribution >= 0.6 is 0 Å². The molecule has 0 radical (unpaired) electrons. The topological polar surface area (TPSA) is 47.9 Å². The van der Waals surface area contributed by atoms with E-state index < -0.39 is 13.9 Å². The van der Waals surface area contributed by atoms with Crippen molar-refractivity contribution >= 4 is 19.8 Å². The highest BCUT2D eigenvalue weighted by atomic mass is 28.3. The molecule has 0 spiro atoms. The summed E-state index contributed by atoms with van der Waals surface area (Å²) < 4.78 is 24.9. The van der Waals surface area contributed by atoms with Gasteiger partial charge in [-0.05, 0) is 24.6 Å². The Balaban J connectivity index is 2.07. The van der Waals surface area contributed by atoms with Gasteiger partial charge in [-0.2, -0.15) is 0 Å². The summed E-state index contributed by atoms with van der Waals surface area (Å²) in [5, 5.41) is 0. The van der Waals surface area contributed by atoms with Crippen LogP contribution in [-0.4, -0.2) is 33.5 Å². The molecule has 0 aromatic carbocycles. The highest BCUT2D eigenvalue weighted by molar-refractivity contribution is 6.76. The van der Waals surface area contributed by atoms with Gasteiger partial charge in [0.2, 0.25) is 0 Å². The number of halogens is 1. The number of carbonyl (C=O) groups is 1. The van der Waals surface area contributed by atoms with Crippen molar-refractivity contribution < 1.29 is 18.7 Å². The summed E-state index contributed by atoms with van der Waals surface area (Å²) in [6, 6.07) is 0.923. The minimum absolute atomic E-state index is 0.0459. The Kier molecular flexibility index (Phi) is 5.24. The number of fused-ring (bicyclic) bond motifs is 1. The molecule has 0 bridgehead atoms. The fourth-order valence-corrected chi connectivity index (χ4v) is 3.26. The van der Waals surface area contributed by atoms with Gasteiger partial charge in [0.05, 0.1) is 25.8 Å². The summed E-state index contributed by atoms with van der Waals surface area (Å²) in [6.07, 6.45) is 2.22. The zero-order valence-corrected chi connectivity index (χ0v) is 15.5. The molecule has 0 atom stereocenters. The number of rotatable bonds is 6. The van der Waals surface area contributed by atoms with Crippen LogP contribution < -0.4 is 0 Å². The van der Waals surface area contributed by atoms with Crippen LogP contribution in [0.1, 0.15) is 19.8 Å². The second-order valence-electron chi connectivity index (χ2n) is 7.00. The number of allylic oxidation sites excluding steroid dienone is 4. The Bertz CT molecular complexity index is 639. The SMILES string of the molecule is COC1=CCC2=NC(C)=C(CC(=O)OCC[Si](C)(C)C)C2=C1F. The summed E-state index contributed by atoms with van der Waals surface area (Å²) in [5.41, 5.74) is 2.35. The number of esters is 1. The molecule has 126 valence electrons. The smallest absolute Gasteiger partial charge is 0.310 e. The van der Waals surface area contributed by atoms with E-state index in [1.807, 2.05) is 0 Å². The van der Waals surface area contributed by atoms with E-state index in [4.69, 9.17) is 9.47 Å². The average Bonchev–Trinajstić information content (AvgIpc) is 2.75. The van der Waals surface area contributed by atoms with Gasteiger partial charge in [-0.3, -0.25) is 9.79 Å². The van der Waals surface area contributed by atoms with Crippen molar-refractivity contribution in [2.24, 2.45) is 4.99 Å². The Morgan fingerprint density at radius 2 is 2.09 bits per heavy atom. The molecule has 23 heavy (non-hydrogen) atoms. The standard InChI is InChI=1S/C17H24FNO3Si/c1-11-12(10-15(20)22-8-9-23(3,4)5)16-13(19-11)6-7-14(21-2)17(16)18/h7H,6,8-10H2,1-5H3. The second kappa shape index (κ2) is 6.82. The Hall–Kier alpha value is -1.69. The Labute approximate surface area is 137 Å². The molecule has 4 nitrogen and oxygen atoms in total. The van der Waals surface area contributed by atoms with E-state index in [0.717, 1.165) is 6.04 Å². The third-order valence-electron chi connectivity index (χ3n) is 3.90. The molecule has 6 heteroatoms. The van der Waals surface area contributed by atoms with E-state index in [2.05, 4.69) is 24.6 Å². The molecule has 1 aliphatic heterocycles. The van der Waals surface area contributed by atoms with Crippen molar-refractivity contribution in [3.05, 3.63) is 34.5 Å². The van der Waals surface area contributed by atoms with Crippen LogP contribution in [0.4, 0.5) is 4.39 Å². The van der Waals surface area contributed by atoms with E-state index >= 15 is 0 Å². The molecule has 0 saturated heterocycles. The van der Waals surface area contributed by atoms with Crippen molar-refractivity contribution in [1.82, 2.24) is 0 Å². The predicted octanol–water partition coefficient (Wildman–Crippen LogP) is 4.14. The van der Waals surface area contributed by atoms with Gasteiger partial charge in [0.25, 0.3) is 0 Å². The Morgan fingerprint density at radius 3 is 2.70 bits per heavy atom. The molecule has 0 aromatic rings. The maximum absolute atomic E-state index is 14.5. The molecule has 0 unspecified atom stereocenters. The summed E-state index contributed by atoms with van der Waals surface area (Å²) in [6.45, 7) is 8.91. The first kappa shape index (κ1) is 17.7. The minimum Gasteiger partial charge on any atom is -0.494 e. The molecule has 0 saturated carbocycles. The highest BCUT2D eigenvalue weighted by Crippen LogP contribution is 2.37. The lowest BCUT2D eigenvalue weighted by molar-refractivity contribution is -0.142. The largest absolute Gasteiger partial charge is 0.494 e. The number of aliphatic imine (C=N–C) groups is 1. The van der Waals surface area contributed by atoms with Gasteiger partial charge in [-0.25, -0.2) is 4.39 Å². The third kappa shape index (κ3) is 4.19. The first-order chi connectivity index (χ1) is 10.7. The van der Waals surface area contributed by atoms with Crippen LogP contribution in [-0.2, 0) is 14.3 Å². The maximum Gasteiger partial charge on any atom is 0.310 e. The molecule has 0 N–H and O–H groups in total. The van der Waals surface area contributed by atoms with Crippen LogP contribution in [0.5, 0.6) is 0 Å². The Morgan fingerprint density at radius 1 is 1.39 bits per heavy atom. The summed E-state index contributed by atoms with van der Waals surface area (Å²) in [5.74, 6) is -0.569.